The van der Waals surface area contributed by atoms with Crippen LogP contribution in [0, 0.1) is 6.57 Å². The second-order valence-electron chi connectivity index (χ2n) is 7.86. The van der Waals surface area contributed by atoms with Gasteiger partial charge in [0.15, 0.2) is 0 Å². The molecule has 0 radical (unpaired) electrons. The normalized spacial score (nSPS) is 14.9. The van der Waals surface area contributed by atoms with Crippen LogP contribution in [-0.2, 0) is 9.53 Å². The van der Waals surface area contributed by atoms with Gasteiger partial charge < -0.3 is 9.58 Å². The van der Waals surface area contributed by atoms with E-state index >= 15 is 0 Å². The molecule has 1 heterocycles. The maximum atomic E-state index is 12.9. The van der Waals surface area contributed by atoms with E-state index in [1.807, 2.05) is 33.8 Å². The quantitative estimate of drug-likeness (QED) is 0.514. The largest absolute Gasteiger partial charge is 0.443 e. The van der Waals surface area contributed by atoms with Gasteiger partial charge in [-0.05, 0) is 62.6 Å². The highest BCUT2D eigenvalue weighted by molar-refractivity contribution is 6.34. The number of benzene rings is 2. The third-order valence-electron chi connectivity index (χ3n) is 4.41. The molecule has 0 fully saturated rings. The third kappa shape index (κ3) is 4.98. The van der Waals surface area contributed by atoms with E-state index in [1.165, 1.54) is 9.91 Å². The highest BCUT2D eigenvalue weighted by Gasteiger charge is 2.34. The van der Waals surface area contributed by atoms with Crippen molar-refractivity contribution >= 4 is 35.3 Å². The number of hydrogen-bond donors (Lipinski definition) is 0. The molecule has 7 heteroatoms. The average Bonchev–Trinajstić information content (AvgIpc) is 3.04. The fraction of sp³-hybridized carbons (Fsp3) is 0.250. The van der Waals surface area contributed by atoms with Crippen molar-refractivity contribution in [3.8, 4) is 0 Å². The molecule has 2 amide bonds. The summed E-state index contributed by atoms with van der Waals surface area (Å²) in [7, 11) is 0. The van der Waals surface area contributed by atoms with Gasteiger partial charge in [0.05, 0.1) is 11.3 Å². The molecule has 31 heavy (non-hydrogen) atoms. The van der Waals surface area contributed by atoms with Gasteiger partial charge in [-0.25, -0.2) is 4.79 Å². The topological polar surface area (TPSA) is 66.6 Å². The molecule has 1 aliphatic heterocycles. The molecule has 158 valence electrons. The lowest BCUT2D eigenvalue weighted by atomic mass is 10.1. The van der Waals surface area contributed by atoms with E-state index in [9.17, 15) is 9.59 Å². The van der Waals surface area contributed by atoms with Gasteiger partial charge in [0.25, 0.3) is 5.91 Å². The van der Waals surface area contributed by atoms with Gasteiger partial charge in [0, 0.05) is 12.2 Å². The molecule has 0 aromatic heterocycles. The number of amidine groups is 1. The number of carbonyl (C=O) groups is 2. The average molecular weight is 416 g/mol. The molecule has 0 unspecified atom stereocenters. The van der Waals surface area contributed by atoms with Crippen LogP contribution in [0.1, 0.15) is 33.3 Å². The fourth-order valence-corrected chi connectivity index (χ4v) is 3.01. The predicted molar refractivity (Wildman–Crippen MR) is 122 cm³/mol. The highest BCUT2D eigenvalue weighted by Crippen LogP contribution is 2.26. The summed E-state index contributed by atoms with van der Waals surface area (Å²) in [5.74, 6) is -0.313. The summed E-state index contributed by atoms with van der Waals surface area (Å²) in [5.41, 5.74) is 1.65. The van der Waals surface area contributed by atoms with Crippen molar-refractivity contribution in [2.45, 2.75) is 33.3 Å². The van der Waals surface area contributed by atoms with Crippen LogP contribution in [0.5, 0.6) is 0 Å². The Kier molecular flexibility index (Phi) is 6.21. The lowest BCUT2D eigenvalue weighted by Crippen LogP contribution is -2.36. The van der Waals surface area contributed by atoms with E-state index in [4.69, 9.17) is 11.3 Å². The number of amides is 2. The second kappa shape index (κ2) is 8.84. The Bertz CT molecular complexity index is 1070. The van der Waals surface area contributed by atoms with E-state index in [0.717, 1.165) is 5.56 Å². The van der Waals surface area contributed by atoms with Gasteiger partial charge in [0.1, 0.15) is 5.60 Å². The molecule has 0 spiro atoms. The van der Waals surface area contributed by atoms with Crippen molar-refractivity contribution in [1.82, 2.24) is 0 Å². The van der Waals surface area contributed by atoms with E-state index in [0.29, 0.717) is 17.9 Å². The molecule has 0 saturated heterocycles. The molecule has 1 aliphatic rings. The fourth-order valence-electron chi connectivity index (χ4n) is 3.01. The Balaban J connectivity index is 1.84. The number of carbonyl (C=O) groups excluding carboxylic acids is 2. The standard InChI is InChI=1S/C24H24N4O3/c1-6-27(23(30)31-24(2,3)4)18-14-12-17(13-15-18)16-20-21(25-5)26-28(22(20)29)19-10-8-7-9-11-19/h7-16H,6H2,1-4H3. The zero-order valence-corrected chi connectivity index (χ0v) is 18.0. The molecule has 3 rings (SSSR count). The third-order valence-corrected chi connectivity index (χ3v) is 4.41. The number of nitrogens with zero attached hydrogens (tertiary/aromatic N) is 4. The van der Waals surface area contributed by atoms with E-state index in [2.05, 4.69) is 9.95 Å². The van der Waals surface area contributed by atoms with Gasteiger partial charge in [-0.1, -0.05) is 43.0 Å². The first kappa shape index (κ1) is 21.8. The number of hydrazone groups is 1. The smallest absolute Gasteiger partial charge is 0.414 e. The number of ether oxygens (including phenoxy) is 1. The second-order valence-corrected chi connectivity index (χ2v) is 7.86. The van der Waals surface area contributed by atoms with Crippen LogP contribution < -0.4 is 9.91 Å². The SMILES string of the molecule is [C-]#[N+]C1=NN(c2ccccc2)C(=O)C1=Cc1ccc(N(CC)C(=O)OC(C)(C)C)cc1. The molecule has 7 nitrogen and oxygen atoms in total. The number of para-hydroxylation sites is 1. The number of anilines is 2. The van der Waals surface area contributed by atoms with E-state index < -0.39 is 11.7 Å². The van der Waals surface area contributed by atoms with Crippen LogP contribution in [0.2, 0.25) is 0 Å². The number of hydrogen-bond acceptors (Lipinski definition) is 4. The zero-order valence-electron chi connectivity index (χ0n) is 18.0. The Labute approximate surface area is 182 Å². The summed E-state index contributed by atoms with van der Waals surface area (Å²) >= 11 is 0. The van der Waals surface area contributed by atoms with Crippen molar-refractivity contribution in [3.05, 3.63) is 77.2 Å². The van der Waals surface area contributed by atoms with Gasteiger partial charge in [0.2, 0.25) is 0 Å². The maximum absolute atomic E-state index is 12.9. The molecule has 2 aromatic rings. The van der Waals surface area contributed by atoms with E-state index in [1.54, 1.807) is 54.6 Å². The van der Waals surface area contributed by atoms with Crippen LogP contribution in [0.4, 0.5) is 16.2 Å². The van der Waals surface area contributed by atoms with Gasteiger partial charge in [-0.3, -0.25) is 9.69 Å². The summed E-state index contributed by atoms with van der Waals surface area (Å²) in [6.45, 7) is 15.2. The Morgan fingerprint density at radius 1 is 1.16 bits per heavy atom. The molecule has 0 N–H and O–H groups in total. The Morgan fingerprint density at radius 2 is 1.81 bits per heavy atom. The van der Waals surface area contributed by atoms with Gasteiger partial charge >= 0.3 is 11.9 Å². The first-order chi connectivity index (χ1) is 14.7. The zero-order chi connectivity index (χ0) is 22.6. The Morgan fingerprint density at radius 3 is 2.35 bits per heavy atom. The Hall–Kier alpha value is -3.92. The summed E-state index contributed by atoms with van der Waals surface area (Å²) < 4.78 is 5.46. The monoisotopic (exact) mass is 416 g/mol. The van der Waals surface area contributed by atoms with Crippen LogP contribution in [0.25, 0.3) is 10.9 Å². The molecule has 0 bridgehead atoms. The van der Waals surface area contributed by atoms with Crippen LogP contribution in [-0.4, -0.2) is 30.0 Å². The molecule has 2 aromatic carbocycles. The summed E-state index contributed by atoms with van der Waals surface area (Å²) in [6, 6.07) is 16.1. The van der Waals surface area contributed by atoms with Crippen molar-refractivity contribution in [3.63, 3.8) is 0 Å². The van der Waals surface area contributed by atoms with E-state index in [-0.39, 0.29) is 17.3 Å². The molecule has 0 saturated carbocycles. The molecule has 0 atom stereocenters. The minimum absolute atomic E-state index is 0.0434. The lowest BCUT2D eigenvalue weighted by molar-refractivity contribution is -0.114. The van der Waals surface area contributed by atoms with Crippen LogP contribution >= 0.6 is 0 Å². The summed E-state index contributed by atoms with van der Waals surface area (Å²) in [6.07, 6.45) is 1.21. The van der Waals surface area contributed by atoms with Gasteiger partial charge in [-0.15, -0.1) is 5.01 Å². The van der Waals surface area contributed by atoms with Crippen LogP contribution in [0.3, 0.4) is 0 Å². The summed E-state index contributed by atoms with van der Waals surface area (Å²) in [4.78, 5) is 30.2. The summed E-state index contributed by atoms with van der Waals surface area (Å²) in [5, 5.41) is 5.39. The molecular weight excluding hydrogens is 392 g/mol. The minimum Gasteiger partial charge on any atom is -0.443 e. The predicted octanol–water partition coefficient (Wildman–Crippen LogP) is 5.11. The van der Waals surface area contributed by atoms with Gasteiger partial charge in [-0.2, -0.15) is 0 Å². The van der Waals surface area contributed by atoms with Crippen molar-refractivity contribution in [2.24, 2.45) is 5.10 Å². The van der Waals surface area contributed by atoms with Crippen molar-refractivity contribution in [2.75, 3.05) is 16.5 Å². The molecule has 0 aliphatic carbocycles. The van der Waals surface area contributed by atoms with Crippen molar-refractivity contribution < 1.29 is 14.3 Å². The highest BCUT2D eigenvalue weighted by atomic mass is 16.6. The first-order valence-electron chi connectivity index (χ1n) is 9.91. The van der Waals surface area contributed by atoms with Crippen molar-refractivity contribution in [1.29, 1.82) is 0 Å². The maximum Gasteiger partial charge on any atom is 0.414 e. The molecular formula is C24H24N4O3. The number of rotatable bonds is 4. The van der Waals surface area contributed by atoms with Crippen LogP contribution in [0.15, 0.2) is 65.3 Å². The lowest BCUT2D eigenvalue weighted by Gasteiger charge is -2.26. The first-order valence-corrected chi connectivity index (χ1v) is 9.91. The minimum atomic E-state index is -0.585.